The average Bonchev–Trinajstić information content (AvgIpc) is 3.11. The van der Waals surface area contributed by atoms with E-state index >= 15 is 0 Å². The first-order chi connectivity index (χ1) is 8.15. The summed E-state index contributed by atoms with van der Waals surface area (Å²) in [6.45, 7) is 0.668. The summed E-state index contributed by atoms with van der Waals surface area (Å²) in [4.78, 5) is 11.5. The first-order valence-corrected chi connectivity index (χ1v) is 6.38. The molecule has 0 radical (unpaired) electrons. The van der Waals surface area contributed by atoms with Gasteiger partial charge in [0.05, 0.1) is 6.54 Å². The number of nitrogens with one attached hydrogen (secondary N) is 2. The Balaban J connectivity index is 1.79. The quantitative estimate of drug-likeness (QED) is 0.873. The SMILES string of the molecule is O=C(CNC1CC1)NCc1cc(F)ccc1Br. The standard InChI is InChI=1S/C12H14BrFN2O/c13-11-4-1-9(14)5-8(11)6-16-12(17)7-15-10-2-3-10/h1,4-5,10,15H,2-3,6-7H2,(H,16,17). The van der Waals surface area contributed by atoms with Crippen molar-refractivity contribution in [2.45, 2.75) is 25.4 Å². The number of carbonyl (C=O) groups is 1. The smallest absolute Gasteiger partial charge is 0.234 e. The molecule has 0 spiro atoms. The van der Waals surface area contributed by atoms with E-state index in [1.807, 2.05) is 0 Å². The van der Waals surface area contributed by atoms with E-state index in [2.05, 4.69) is 26.6 Å². The predicted molar refractivity (Wildman–Crippen MR) is 67.0 cm³/mol. The zero-order valence-electron chi connectivity index (χ0n) is 9.30. The van der Waals surface area contributed by atoms with Crippen LogP contribution in [0.25, 0.3) is 0 Å². The van der Waals surface area contributed by atoms with Crippen molar-refractivity contribution in [1.29, 1.82) is 0 Å². The molecule has 1 aliphatic rings. The van der Waals surface area contributed by atoms with Gasteiger partial charge < -0.3 is 10.6 Å². The van der Waals surface area contributed by atoms with Crippen molar-refractivity contribution in [1.82, 2.24) is 10.6 Å². The van der Waals surface area contributed by atoms with Gasteiger partial charge in [-0.2, -0.15) is 0 Å². The molecule has 0 heterocycles. The number of amides is 1. The van der Waals surface area contributed by atoms with E-state index in [0.717, 1.165) is 22.9 Å². The first kappa shape index (κ1) is 12.5. The molecule has 17 heavy (non-hydrogen) atoms. The third-order valence-electron chi connectivity index (χ3n) is 2.61. The van der Waals surface area contributed by atoms with Gasteiger partial charge in [0.15, 0.2) is 0 Å². The van der Waals surface area contributed by atoms with Gasteiger partial charge in [0.25, 0.3) is 0 Å². The van der Waals surface area contributed by atoms with E-state index in [0.29, 0.717) is 19.1 Å². The molecule has 1 fully saturated rings. The van der Waals surface area contributed by atoms with Crippen molar-refractivity contribution in [3.8, 4) is 0 Å². The molecule has 5 heteroatoms. The van der Waals surface area contributed by atoms with Crippen molar-refractivity contribution in [2.24, 2.45) is 0 Å². The van der Waals surface area contributed by atoms with Crippen LogP contribution in [0.1, 0.15) is 18.4 Å². The van der Waals surface area contributed by atoms with Gasteiger partial charge in [0, 0.05) is 17.1 Å². The van der Waals surface area contributed by atoms with Gasteiger partial charge >= 0.3 is 0 Å². The molecule has 1 amide bonds. The normalized spacial score (nSPS) is 14.7. The van der Waals surface area contributed by atoms with Gasteiger partial charge in [-0.3, -0.25) is 4.79 Å². The van der Waals surface area contributed by atoms with Gasteiger partial charge in [-0.25, -0.2) is 4.39 Å². The molecule has 3 nitrogen and oxygen atoms in total. The van der Waals surface area contributed by atoms with Crippen LogP contribution in [0.15, 0.2) is 22.7 Å². The zero-order valence-corrected chi connectivity index (χ0v) is 10.9. The number of carbonyl (C=O) groups excluding carboxylic acids is 1. The molecular formula is C12H14BrFN2O. The van der Waals surface area contributed by atoms with Crippen LogP contribution in [0.3, 0.4) is 0 Å². The number of rotatable bonds is 5. The maximum absolute atomic E-state index is 13.0. The third-order valence-corrected chi connectivity index (χ3v) is 3.39. The lowest BCUT2D eigenvalue weighted by Gasteiger charge is -2.07. The summed E-state index contributed by atoms with van der Waals surface area (Å²) in [6.07, 6.45) is 2.31. The largest absolute Gasteiger partial charge is 0.351 e. The van der Waals surface area contributed by atoms with Gasteiger partial charge in [-0.15, -0.1) is 0 Å². The minimum absolute atomic E-state index is 0.0620. The lowest BCUT2D eigenvalue weighted by molar-refractivity contribution is -0.120. The molecule has 1 aromatic carbocycles. The second-order valence-corrected chi connectivity index (χ2v) is 5.02. The minimum atomic E-state index is -0.298. The number of halogens is 2. The van der Waals surface area contributed by atoms with Gasteiger partial charge in [-0.05, 0) is 36.6 Å². The molecule has 0 bridgehead atoms. The summed E-state index contributed by atoms with van der Waals surface area (Å²) in [5, 5.41) is 5.87. The number of hydrogen-bond acceptors (Lipinski definition) is 2. The second kappa shape index (κ2) is 5.60. The van der Waals surface area contributed by atoms with E-state index in [-0.39, 0.29) is 11.7 Å². The molecule has 0 unspecified atom stereocenters. The highest BCUT2D eigenvalue weighted by atomic mass is 79.9. The van der Waals surface area contributed by atoms with Crippen molar-refractivity contribution in [3.63, 3.8) is 0 Å². The van der Waals surface area contributed by atoms with Crippen LogP contribution in [0.2, 0.25) is 0 Å². The molecule has 1 aliphatic carbocycles. The summed E-state index contributed by atoms with van der Waals surface area (Å²) in [5.74, 6) is -0.360. The van der Waals surface area contributed by atoms with Crippen molar-refractivity contribution in [3.05, 3.63) is 34.1 Å². The summed E-state index contributed by atoms with van der Waals surface area (Å²) in [7, 11) is 0. The fourth-order valence-electron chi connectivity index (χ4n) is 1.46. The molecule has 0 aliphatic heterocycles. The Morgan fingerprint density at radius 2 is 2.24 bits per heavy atom. The van der Waals surface area contributed by atoms with Crippen molar-refractivity contribution >= 4 is 21.8 Å². The molecule has 0 aromatic heterocycles. The number of hydrogen-bond donors (Lipinski definition) is 2. The fourth-order valence-corrected chi connectivity index (χ4v) is 1.85. The van der Waals surface area contributed by atoms with Crippen LogP contribution in [0, 0.1) is 5.82 Å². The Hall–Kier alpha value is -0.940. The molecule has 2 N–H and O–H groups in total. The lowest BCUT2D eigenvalue weighted by atomic mass is 10.2. The van der Waals surface area contributed by atoms with Crippen LogP contribution >= 0.6 is 15.9 Å². The summed E-state index contributed by atoms with van der Waals surface area (Å²) in [5.41, 5.74) is 0.741. The maximum atomic E-state index is 13.0. The highest BCUT2D eigenvalue weighted by Crippen LogP contribution is 2.18. The van der Waals surface area contributed by atoms with Crippen molar-refractivity contribution in [2.75, 3.05) is 6.54 Å². The van der Waals surface area contributed by atoms with Crippen LogP contribution < -0.4 is 10.6 Å². The molecule has 1 saturated carbocycles. The van der Waals surface area contributed by atoms with Crippen LogP contribution in [-0.4, -0.2) is 18.5 Å². The van der Waals surface area contributed by atoms with Crippen molar-refractivity contribution < 1.29 is 9.18 Å². The molecule has 0 saturated heterocycles. The summed E-state index contributed by atoms with van der Waals surface area (Å²) < 4.78 is 13.8. The van der Waals surface area contributed by atoms with E-state index in [9.17, 15) is 9.18 Å². The molecular weight excluding hydrogens is 287 g/mol. The zero-order chi connectivity index (χ0) is 12.3. The molecule has 0 atom stereocenters. The average molecular weight is 301 g/mol. The van der Waals surface area contributed by atoms with Crippen LogP contribution in [0.4, 0.5) is 4.39 Å². The summed E-state index contributed by atoms with van der Waals surface area (Å²) in [6, 6.07) is 4.95. The van der Waals surface area contributed by atoms with E-state index < -0.39 is 0 Å². The Bertz CT molecular complexity index is 421. The summed E-state index contributed by atoms with van der Waals surface area (Å²) >= 11 is 3.32. The van der Waals surface area contributed by atoms with E-state index in [4.69, 9.17) is 0 Å². The molecule has 92 valence electrons. The topological polar surface area (TPSA) is 41.1 Å². The number of benzene rings is 1. The first-order valence-electron chi connectivity index (χ1n) is 5.59. The van der Waals surface area contributed by atoms with Gasteiger partial charge in [0.2, 0.25) is 5.91 Å². The fraction of sp³-hybridized carbons (Fsp3) is 0.417. The molecule has 2 rings (SSSR count). The second-order valence-electron chi connectivity index (χ2n) is 4.17. The van der Waals surface area contributed by atoms with E-state index in [1.165, 1.54) is 12.1 Å². The highest BCUT2D eigenvalue weighted by Gasteiger charge is 2.20. The maximum Gasteiger partial charge on any atom is 0.234 e. The lowest BCUT2D eigenvalue weighted by Crippen LogP contribution is -2.34. The Labute approximate surface area is 108 Å². The predicted octanol–water partition coefficient (Wildman–Crippen LogP) is 1.96. The van der Waals surface area contributed by atoms with Gasteiger partial charge in [-0.1, -0.05) is 15.9 Å². The third kappa shape index (κ3) is 4.09. The Morgan fingerprint density at radius 1 is 1.47 bits per heavy atom. The Kier molecular flexibility index (Phi) is 4.12. The monoisotopic (exact) mass is 300 g/mol. The van der Waals surface area contributed by atoms with E-state index in [1.54, 1.807) is 6.07 Å². The van der Waals surface area contributed by atoms with Crippen LogP contribution in [-0.2, 0) is 11.3 Å². The van der Waals surface area contributed by atoms with Crippen LogP contribution in [0.5, 0.6) is 0 Å². The highest BCUT2D eigenvalue weighted by molar-refractivity contribution is 9.10. The Morgan fingerprint density at radius 3 is 2.94 bits per heavy atom. The van der Waals surface area contributed by atoms with Gasteiger partial charge in [0.1, 0.15) is 5.82 Å². The minimum Gasteiger partial charge on any atom is -0.351 e. The molecule has 1 aromatic rings.